The molecule has 0 unspecified atom stereocenters. The van der Waals surface area contributed by atoms with Crippen molar-refractivity contribution in [2.75, 3.05) is 48.3 Å². The summed E-state index contributed by atoms with van der Waals surface area (Å²) in [4.78, 5) is 25.2. The molecule has 176 valence electrons. The lowest BCUT2D eigenvalue weighted by Crippen LogP contribution is -2.39. The number of carbonyl (C=O) groups is 1. The number of hydrogen-bond donors (Lipinski definition) is 1. The van der Waals surface area contributed by atoms with Crippen LogP contribution in [0.1, 0.15) is 11.1 Å². The zero-order chi connectivity index (χ0) is 24.0. The topological polar surface area (TPSA) is 134 Å². The SMILES string of the molecule is Cc1ccccc1N(CC(=O)NN=Cc1cc([N+](=O)[O-])ccc1N1CCOCC1)S(C)(=O)=O. The largest absolute Gasteiger partial charge is 0.378 e. The molecule has 1 N–H and O–H groups in total. The second-order valence-corrected chi connectivity index (χ2v) is 9.36. The smallest absolute Gasteiger partial charge is 0.270 e. The lowest BCUT2D eigenvalue weighted by Gasteiger charge is -2.29. The number of benzene rings is 2. The Kier molecular flexibility index (Phi) is 7.61. The molecule has 0 radical (unpaired) electrons. The van der Waals surface area contributed by atoms with Crippen LogP contribution in [0.4, 0.5) is 17.1 Å². The number of hydrazone groups is 1. The fourth-order valence-corrected chi connectivity index (χ4v) is 4.33. The molecule has 0 bridgehead atoms. The highest BCUT2D eigenvalue weighted by molar-refractivity contribution is 7.92. The Morgan fingerprint density at radius 1 is 1.27 bits per heavy atom. The number of ether oxygens (including phenoxy) is 1. The van der Waals surface area contributed by atoms with Crippen LogP contribution in [0.15, 0.2) is 47.6 Å². The Balaban J connectivity index is 1.78. The molecule has 2 aromatic rings. The van der Waals surface area contributed by atoms with Crippen molar-refractivity contribution in [3.8, 4) is 0 Å². The highest BCUT2D eigenvalue weighted by Crippen LogP contribution is 2.25. The predicted molar refractivity (Wildman–Crippen MR) is 125 cm³/mol. The second-order valence-electron chi connectivity index (χ2n) is 7.45. The van der Waals surface area contributed by atoms with Crippen LogP contribution in [0, 0.1) is 17.0 Å². The normalized spacial score (nSPS) is 14.3. The Hall–Kier alpha value is -3.51. The van der Waals surface area contributed by atoms with Crippen LogP contribution < -0.4 is 14.6 Å². The number of sulfonamides is 1. The van der Waals surface area contributed by atoms with Gasteiger partial charge in [0.1, 0.15) is 6.54 Å². The molecular formula is C21H25N5O6S. The van der Waals surface area contributed by atoms with Crippen LogP contribution in [0.25, 0.3) is 0 Å². The summed E-state index contributed by atoms with van der Waals surface area (Å²) in [6.07, 6.45) is 2.34. The summed E-state index contributed by atoms with van der Waals surface area (Å²) < 4.78 is 30.9. The van der Waals surface area contributed by atoms with E-state index in [0.29, 0.717) is 43.1 Å². The van der Waals surface area contributed by atoms with E-state index in [1.165, 1.54) is 18.3 Å². The van der Waals surface area contributed by atoms with Gasteiger partial charge in [-0.05, 0) is 24.6 Å². The van der Waals surface area contributed by atoms with Crippen molar-refractivity contribution < 1.29 is 22.9 Å². The minimum atomic E-state index is -3.72. The van der Waals surface area contributed by atoms with Crippen molar-refractivity contribution in [1.29, 1.82) is 0 Å². The first-order chi connectivity index (χ1) is 15.7. The van der Waals surface area contributed by atoms with Crippen LogP contribution in [0.2, 0.25) is 0 Å². The van der Waals surface area contributed by atoms with Gasteiger partial charge >= 0.3 is 0 Å². The molecule has 0 spiro atoms. The molecule has 1 amide bonds. The summed E-state index contributed by atoms with van der Waals surface area (Å²) in [7, 11) is -3.72. The van der Waals surface area contributed by atoms with Gasteiger partial charge in [0.15, 0.2) is 0 Å². The first kappa shape index (κ1) is 24.1. The van der Waals surface area contributed by atoms with Crippen molar-refractivity contribution >= 4 is 39.2 Å². The number of para-hydroxylation sites is 1. The third kappa shape index (κ3) is 6.26. The molecule has 3 rings (SSSR count). The minimum Gasteiger partial charge on any atom is -0.378 e. The van der Waals surface area contributed by atoms with E-state index in [0.717, 1.165) is 16.2 Å². The molecule has 1 heterocycles. The van der Waals surface area contributed by atoms with Gasteiger partial charge in [-0.2, -0.15) is 5.10 Å². The highest BCUT2D eigenvalue weighted by atomic mass is 32.2. The molecule has 0 aliphatic carbocycles. The zero-order valence-electron chi connectivity index (χ0n) is 18.3. The third-order valence-electron chi connectivity index (χ3n) is 5.04. The molecule has 0 atom stereocenters. The average molecular weight is 476 g/mol. The maximum atomic E-state index is 12.5. The number of rotatable bonds is 8. The number of hydrogen-bond acceptors (Lipinski definition) is 8. The number of nitro groups is 1. The maximum absolute atomic E-state index is 12.5. The van der Waals surface area contributed by atoms with Gasteiger partial charge in [0, 0.05) is 36.5 Å². The molecule has 33 heavy (non-hydrogen) atoms. The van der Waals surface area contributed by atoms with E-state index >= 15 is 0 Å². The predicted octanol–water partition coefficient (Wildman–Crippen LogP) is 1.66. The Bertz CT molecular complexity index is 1160. The number of non-ortho nitro benzene ring substituents is 1. The summed E-state index contributed by atoms with van der Waals surface area (Å²) in [6, 6.07) is 11.2. The van der Waals surface area contributed by atoms with E-state index in [1.807, 2.05) is 4.90 Å². The van der Waals surface area contributed by atoms with Gasteiger partial charge in [0.25, 0.3) is 11.6 Å². The number of morpholine rings is 1. The van der Waals surface area contributed by atoms with Gasteiger partial charge in [-0.3, -0.25) is 19.2 Å². The number of nitrogens with zero attached hydrogens (tertiary/aromatic N) is 4. The Morgan fingerprint density at radius 2 is 1.97 bits per heavy atom. The van der Waals surface area contributed by atoms with E-state index in [4.69, 9.17) is 4.74 Å². The molecular weight excluding hydrogens is 450 g/mol. The third-order valence-corrected chi connectivity index (χ3v) is 6.16. The molecule has 11 nitrogen and oxygen atoms in total. The fourth-order valence-electron chi connectivity index (χ4n) is 3.42. The molecule has 1 fully saturated rings. The molecule has 1 saturated heterocycles. The number of anilines is 2. The van der Waals surface area contributed by atoms with Crippen molar-refractivity contribution in [1.82, 2.24) is 5.43 Å². The van der Waals surface area contributed by atoms with Crippen LogP contribution in [-0.4, -0.2) is 64.6 Å². The molecule has 2 aromatic carbocycles. The van der Waals surface area contributed by atoms with Crippen molar-refractivity contribution in [3.63, 3.8) is 0 Å². The van der Waals surface area contributed by atoms with Crippen LogP contribution >= 0.6 is 0 Å². The Morgan fingerprint density at radius 3 is 2.61 bits per heavy atom. The lowest BCUT2D eigenvalue weighted by atomic mass is 10.1. The first-order valence-electron chi connectivity index (χ1n) is 10.1. The number of nitro benzene ring substituents is 1. The summed E-state index contributed by atoms with van der Waals surface area (Å²) in [6.45, 7) is 3.58. The number of nitrogens with one attached hydrogen (secondary N) is 1. The number of amides is 1. The fraction of sp³-hybridized carbons (Fsp3) is 0.333. The van der Waals surface area contributed by atoms with Crippen molar-refractivity contribution in [3.05, 3.63) is 63.7 Å². The molecule has 0 saturated carbocycles. The van der Waals surface area contributed by atoms with Crippen molar-refractivity contribution in [2.45, 2.75) is 6.92 Å². The standard InChI is InChI=1S/C21H25N5O6S/c1-16-5-3-4-6-19(16)25(33(2,30)31)15-21(27)23-22-14-17-13-18(26(28)29)7-8-20(17)24-9-11-32-12-10-24/h3-8,13-14H,9-12,15H2,1-2H3,(H,23,27). The molecule has 12 heteroatoms. The van der Waals surface area contributed by atoms with Gasteiger partial charge in [-0.1, -0.05) is 18.2 Å². The van der Waals surface area contributed by atoms with Gasteiger partial charge in [0.05, 0.1) is 36.3 Å². The molecule has 1 aliphatic rings. The number of carbonyl (C=O) groups excluding carboxylic acids is 1. The van der Waals surface area contributed by atoms with Crippen LogP contribution in [0.3, 0.4) is 0 Å². The minimum absolute atomic E-state index is 0.109. The number of aryl methyl sites for hydroxylation is 1. The lowest BCUT2D eigenvalue weighted by molar-refractivity contribution is -0.384. The van der Waals surface area contributed by atoms with Gasteiger partial charge in [-0.25, -0.2) is 13.8 Å². The Labute approximate surface area is 191 Å². The van der Waals surface area contributed by atoms with Gasteiger partial charge in [0.2, 0.25) is 10.0 Å². The van der Waals surface area contributed by atoms with Gasteiger partial charge < -0.3 is 9.64 Å². The van der Waals surface area contributed by atoms with E-state index in [2.05, 4.69) is 10.5 Å². The molecule has 0 aromatic heterocycles. The van der Waals surface area contributed by atoms with Crippen molar-refractivity contribution in [2.24, 2.45) is 5.10 Å². The monoisotopic (exact) mass is 475 g/mol. The van der Waals surface area contributed by atoms with E-state index in [9.17, 15) is 23.3 Å². The second kappa shape index (κ2) is 10.4. The zero-order valence-corrected chi connectivity index (χ0v) is 19.1. The van der Waals surface area contributed by atoms with Gasteiger partial charge in [-0.15, -0.1) is 0 Å². The summed E-state index contributed by atoms with van der Waals surface area (Å²) in [5.41, 5.74) is 4.47. The van der Waals surface area contributed by atoms with Crippen LogP contribution in [0.5, 0.6) is 0 Å². The summed E-state index contributed by atoms with van der Waals surface area (Å²) in [5, 5.41) is 15.1. The average Bonchev–Trinajstić information content (AvgIpc) is 2.78. The first-order valence-corrected chi connectivity index (χ1v) is 12.0. The van der Waals surface area contributed by atoms with E-state index in [-0.39, 0.29) is 5.69 Å². The quantitative estimate of drug-likeness (QED) is 0.348. The maximum Gasteiger partial charge on any atom is 0.270 e. The van der Waals surface area contributed by atoms with E-state index < -0.39 is 27.4 Å². The van der Waals surface area contributed by atoms with Crippen LogP contribution in [-0.2, 0) is 19.6 Å². The highest BCUT2D eigenvalue weighted by Gasteiger charge is 2.22. The summed E-state index contributed by atoms with van der Waals surface area (Å²) >= 11 is 0. The molecule has 1 aliphatic heterocycles. The summed E-state index contributed by atoms with van der Waals surface area (Å²) in [5.74, 6) is -0.654. The van der Waals surface area contributed by atoms with E-state index in [1.54, 1.807) is 37.3 Å².